The van der Waals surface area contributed by atoms with Crippen LogP contribution in [0.3, 0.4) is 0 Å². The maximum Gasteiger partial charge on any atom is 0.258 e. The smallest absolute Gasteiger partial charge is 0.258 e. The lowest BCUT2D eigenvalue weighted by Gasteiger charge is -2.27. The van der Waals surface area contributed by atoms with Crippen molar-refractivity contribution < 1.29 is 14.3 Å². The van der Waals surface area contributed by atoms with Gasteiger partial charge in [-0.25, -0.2) is 9.97 Å². The summed E-state index contributed by atoms with van der Waals surface area (Å²) >= 11 is 1.46. The molecule has 2 heterocycles. The summed E-state index contributed by atoms with van der Waals surface area (Å²) in [5.74, 6) is 2.10. The molecule has 0 radical (unpaired) electrons. The second-order valence-corrected chi connectivity index (χ2v) is 8.49. The molecule has 4 rings (SSSR count). The predicted octanol–water partition coefficient (Wildman–Crippen LogP) is 4.02. The third-order valence-corrected chi connectivity index (χ3v) is 6.58. The molecule has 3 aromatic rings. The number of carbonyl (C=O) groups is 1. The SMILES string of the molecule is COc1ccc(NC(=O)c2csc3cnc(C[C@H]4CCCC[C@H]4N)nc23)c(OC)c1. The number of hydrogen-bond donors (Lipinski definition) is 2. The fourth-order valence-corrected chi connectivity index (χ4v) is 4.78. The quantitative estimate of drug-likeness (QED) is 0.618. The number of amides is 1. The number of hydrogen-bond acceptors (Lipinski definition) is 7. The summed E-state index contributed by atoms with van der Waals surface area (Å²) in [5.41, 5.74) is 8.08. The Bertz CT molecular complexity index is 1050. The van der Waals surface area contributed by atoms with Crippen LogP contribution in [0.25, 0.3) is 10.2 Å². The van der Waals surface area contributed by atoms with Crippen molar-refractivity contribution in [2.24, 2.45) is 11.7 Å². The highest BCUT2D eigenvalue weighted by atomic mass is 32.1. The number of ether oxygens (including phenoxy) is 2. The number of nitrogens with zero attached hydrogens (tertiary/aromatic N) is 2. The number of methoxy groups -OCH3 is 2. The highest BCUT2D eigenvalue weighted by molar-refractivity contribution is 7.17. The lowest BCUT2D eigenvalue weighted by atomic mass is 9.83. The molecule has 2 aromatic heterocycles. The van der Waals surface area contributed by atoms with Crippen LogP contribution in [0, 0.1) is 5.92 Å². The van der Waals surface area contributed by atoms with Crippen LogP contribution in [-0.4, -0.2) is 36.1 Å². The summed E-state index contributed by atoms with van der Waals surface area (Å²) in [6.45, 7) is 0. The van der Waals surface area contributed by atoms with E-state index in [9.17, 15) is 4.79 Å². The topological polar surface area (TPSA) is 99.4 Å². The van der Waals surface area contributed by atoms with E-state index in [2.05, 4.69) is 10.3 Å². The minimum Gasteiger partial charge on any atom is -0.497 e. The third-order valence-electron chi connectivity index (χ3n) is 5.68. The van der Waals surface area contributed by atoms with Gasteiger partial charge >= 0.3 is 0 Å². The molecule has 0 unspecified atom stereocenters. The van der Waals surface area contributed by atoms with E-state index >= 15 is 0 Å². The highest BCUT2D eigenvalue weighted by Crippen LogP contribution is 2.31. The van der Waals surface area contributed by atoms with Gasteiger partial charge in [0, 0.05) is 30.1 Å². The minimum absolute atomic E-state index is 0.200. The molecule has 30 heavy (non-hydrogen) atoms. The molecule has 1 amide bonds. The van der Waals surface area contributed by atoms with Crippen molar-refractivity contribution in [3.63, 3.8) is 0 Å². The van der Waals surface area contributed by atoms with Crippen LogP contribution in [0.15, 0.2) is 29.8 Å². The summed E-state index contributed by atoms with van der Waals surface area (Å²) in [6.07, 6.45) is 7.12. The fraction of sp³-hybridized carbons (Fsp3) is 0.409. The van der Waals surface area contributed by atoms with Gasteiger partial charge in [0.15, 0.2) is 0 Å². The standard InChI is InChI=1S/C22H26N4O3S/c1-28-14-7-8-17(18(10-14)29-2)25-22(27)15-12-30-19-11-24-20(26-21(15)19)9-13-5-3-4-6-16(13)23/h7-8,10-13,16H,3-6,9,23H2,1-2H3,(H,25,27)/t13-,16-/m1/s1. The molecule has 158 valence electrons. The Morgan fingerprint density at radius 3 is 2.87 bits per heavy atom. The molecule has 1 aliphatic carbocycles. The van der Waals surface area contributed by atoms with Crippen LogP contribution in [0.4, 0.5) is 5.69 Å². The Balaban J connectivity index is 1.57. The fourth-order valence-electron chi connectivity index (χ4n) is 3.94. The van der Waals surface area contributed by atoms with Crippen LogP contribution in [0.5, 0.6) is 11.5 Å². The molecule has 7 nitrogen and oxygen atoms in total. The largest absolute Gasteiger partial charge is 0.497 e. The molecule has 0 bridgehead atoms. The third kappa shape index (κ3) is 4.24. The first kappa shape index (κ1) is 20.6. The van der Waals surface area contributed by atoms with E-state index in [-0.39, 0.29) is 11.9 Å². The first-order valence-electron chi connectivity index (χ1n) is 10.1. The Labute approximate surface area is 179 Å². The van der Waals surface area contributed by atoms with Gasteiger partial charge in [0.1, 0.15) is 17.3 Å². The van der Waals surface area contributed by atoms with Gasteiger partial charge in [-0.2, -0.15) is 0 Å². The number of carbonyl (C=O) groups excluding carboxylic acids is 1. The lowest BCUT2D eigenvalue weighted by molar-refractivity contribution is 0.102. The summed E-state index contributed by atoms with van der Waals surface area (Å²) in [6, 6.07) is 5.47. The summed E-state index contributed by atoms with van der Waals surface area (Å²) in [5, 5.41) is 4.74. The number of benzene rings is 1. The monoisotopic (exact) mass is 426 g/mol. The van der Waals surface area contributed by atoms with Crippen molar-refractivity contribution in [1.82, 2.24) is 9.97 Å². The molecule has 1 aliphatic rings. The molecule has 1 fully saturated rings. The number of rotatable bonds is 6. The van der Waals surface area contributed by atoms with Crippen LogP contribution in [-0.2, 0) is 6.42 Å². The maximum atomic E-state index is 13.0. The molecule has 0 saturated heterocycles. The Hall–Kier alpha value is -2.71. The van der Waals surface area contributed by atoms with E-state index in [0.29, 0.717) is 34.2 Å². The summed E-state index contributed by atoms with van der Waals surface area (Å²) < 4.78 is 11.5. The number of nitrogens with two attached hydrogens (primary N) is 1. The van der Waals surface area contributed by atoms with E-state index in [0.717, 1.165) is 29.8 Å². The maximum absolute atomic E-state index is 13.0. The van der Waals surface area contributed by atoms with Crippen molar-refractivity contribution in [2.75, 3.05) is 19.5 Å². The Morgan fingerprint density at radius 1 is 1.27 bits per heavy atom. The first-order chi connectivity index (χ1) is 14.6. The highest BCUT2D eigenvalue weighted by Gasteiger charge is 2.24. The number of thiophene rings is 1. The zero-order chi connectivity index (χ0) is 21.1. The van der Waals surface area contributed by atoms with Crippen molar-refractivity contribution in [3.8, 4) is 11.5 Å². The van der Waals surface area contributed by atoms with Crippen molar-refractivity contribution in [1.29, 1.82) is 0 Å². The molecule has 3 N–H and O–H groups in total. The molecule has 0 spiro atoms. The second-order valence-electron chi connectivity index (χ2n) is 7.58. The van der Waals surface area contributed by atoms with Crippen LogP contribution in [0.1, 0.15) is 41.9 Å². The number of fused-ring (bicyclic) bond motifs is 1. The number of aromatic nitrogens is 2. The predicted molar refractivity (Wildman–Crippen MR) is 119 cm³/mol. The summed E-state index contributed by atoms with van der Waals surface area (Å²) in [7, 11) is 3.14. The molecular weight excluding hydrogens is 400 g/mol. The Kier molecular flexibility index (Phi) is 6.15. The molecule has 1 saturated carbocycles. The minimum atomic E-state index is -0.233. The first-order valence-corrected chi connectivity index (χ1v) is 11.0. The van der Waals surface area contributed by atoms with E-state index < -0.39 is 0 Å². The van der Waals surface area contributed by atoms with Gasteiger partial charge in [0.25, 0.3) is 5.91 Å². The van der Waals surface area contributed by atoms with Crippen LogP contribution < -0.4 is 20.5 Å². The van der Waals surface area contributed by atoms with Crippen molar-refractivity contribution >= 4 is 33.1 Å². The zero-order valence-corrected chi connectivity index (χ0v) is 18.0. The Morgan fingerprint density at radius 2 is 2.10 bits per heavy atom. The second kappa shape index (κ2) is 8.97. The zero-order valence-electron chi connectivity index (χ0n) is 17.2. The van der Waals surface area contributed by atoms with Gasteiger partial charge in [-0.3, -0.25) is 4.79 Å². The van der Waals surface area contributed by atoms with Crippen LogP contribution >= 0.6 is 11.3 Å². The van der Waals surface area contributed by atoms with Gasteiger partial charge < -0.3 is 20.5 Å². The number of anilines is 1. The number of nitrogens with one attached hydrogen (secondary N) is 1. The average Bonchev–Trinajstić information content (AvgIpc) is 3.19. The van der Waals surface area contributed by atoms with E-state index in [1.54, 1.807) is 38.6 Å². The van der Waals surface area contributed by atoms with E-state index in [1.165, 1.54) is 24.2 Å². The molecule has 8 heteroatoms. The van der Waals surface area contributed by atoms with Crippen molar-refractivity contribution in [2.45, 2.75) is 38.1 Å². The molecule has 1 aromatic carbocycles. The average molecular weight is 427 g/mol. The van der Waals surface area contributed by atoms with Crippen LogP contribution in [0.2, 0.25) is 0 Å². The van der Waals surface area contributed by atoms with Gasteiger partial charge in [0.05, 0.1) is 35.7 Å². The summed E-state index contributed by atoms with van der Waals surface area (Å²) in [4.78, 5) is 22.2. The normalized spacial score (nSPS) is 18.9. The van der Waals surface area contributed by atoms with Gasteiger partial charge in [-0.15, -0.1) is 11.3 Å². The van der Waals surface area contributed by atoms with Gasteiger partial charge in [-0.05, 0) is 30.9 Å². The van der Waals surface area contributed by atoms with Gasteiger partial charge in [0.2, 0.25) is 0 Å². The molecule has 2 atom stereocenters. The van der Waals surface area contributed by atoms with E-state index in [4.69, 9.17) is 20.2 Å². The molecule has 0 aliphatic heterocycles. The van der Waals surface area contributed by atoms with Gasteiger partial charge in [-0.1, -0.05) is 12.8 Å². The van der Waals surface area contributed by atoms with Crippen molar-refractivity contribution in [3.05, 3.63) is 41.2 Å². The molecular formula is C22H26N4O3S. The van der Waals surface area contributed by atoms with E-state index in [1.807, 2.05) is 5.38 Å². The lowest BCUT2D eigenvalue weighted by Crippen LogP contribution is -2.34.